The molecule has 0 amide bonds. The number of allylic oxidation sites excluding steroid dienone is 1. The molecule has 2 nitrogen and oxygen atoms in total. The number of rotatable bonds is 4. The highest BCUT2D eigenvalue weighted by atomic mass is 35.5. The van der Waals surface area contributed by atoms with Crippen LogP contribution in [-0.4, -0.2) is 10.9 Å². The molecule has 0 radical (unpaired) electrons. The Morgan fingerprint density at radius 3 is 2.83 bits per heavy atom. The maximum absolute atomic E-state index is 5.92. The molecule has 0 aliphatic rings. The Morgan fingerprint density at radius 2 is 2.22 bits per heavy atom. The summed E-state index contributed by atoms with van der Waals surface area (Å²) in [5.74, 6) is 2.61. The molecule has 2 aromatic rings. The third-order valence-corrected chi connectivity index (χ3v) is 3.10. The Kier molecular flexibility index (Phi) is 4.21. The van der Waals surface area contributed by atoms with E-state index in [4.69, 9.17) is 16.0 Å². The van der Waals surface area contributed by atoms with E-state index in [1.807, 2.05) is 30.3 Å². The van der Waals surface area contributed by atoms with Crippen LogP contribution in [0.1, 0.15) is 19.6 Å². The van der Waals surface area contributed by atoms with E-state index in [9.17, 15) is 0 Å². The fourth-order valence-electron chi connectivity index (χ4n) is 1.64. The van der Waals surface area contributed by atoms with Crippen LogP contribution in [0.2, 0.25) is 0 Å². The van der Waals surface area contributed by atoms with Crippen LogP contribution in [0, 0.1) is 5.92 Å². The van der Waals surface area contributed by atoms with Crippen molar-refractivity contribution in [3.8, 4) is 11.3 Å². The number of nitrogens with zero attached hydrogens (tertiary/aromatic N) is 1. The van der Waals surface area contributed by atoms with Gasteiger partial charge in [-0.2, -0.15) is 0 Å². The topological polar surface area (TPSA) is 26.0 Å². The number of hydrogen-bond donors (Lipinski definition) is 0. The molecule has 0 atom stereocenters. The van der Waals surface area contributed by atoms with Gasteiger partial charge in [0, 0.05) is 23.8 Å². The number of furan rings is 1. The zero-order valence-electron chi connectivity index (χ0n) is 10.6. The van der Waals surface area contributed by atoms with Crippen molar-refractivity contribution in [1.29, 1.82) is 0 Å². The lowest BCUT2D eigenvalue weighted by Gasteiger charge is -2.05. The highest BCUT2D eigenvalue weighted by Gasteiger charge is 2.06. The van der Waals surface area contributed by atoms with Crippen molar-refractivity contribution in [3.63, 3.8) is 0 Å². The summed E-state index contributed by atoms with van der Waals surface area (Å²) in [6.45, 7) is 4.25. The minimum Gasteiger partial charge on any atom is -0.457 e. The van der Waals surface area contributed by atoms with Gasteiger partial charge in [-0.3, -0.25) is 4.98 Å². The van der Waals surface area contributed by atoms with E-state index in [0.29, 0.717) is 11.8 Å². The average molecular weight is 262 g/mol. The fraction of sp³-hybridized carbons (Fsp3) is 0.267. The molecule has 2 aromatic heterocycles. The molecule has 0 fully saturated rings. The zero-order valence-corrected chi connectivity index (χ0v) is 11.3. The van der Waals surface area contributed by atoms with Crippen molar-refractivity contribution in [2.45, 2.75) is 13.8 Å². The van der Waals surface area contributed by atoms with Gasteiger partial charge in [0.25, 0.3) is 0 Å². The van der Waals surface area contributed by atoms with E-state index >= 15 is 0 Å². The predicted molar refractivity (Wildman–Crippen MR) is 75.5 cm³/mol. The highest BCUT2D eigenvalue weighted by molar-refractivity contribution is 6.19. The molecule has 0 saturated carbocycles. The van der Waals surface area contributed by atoms with Crippen molar-refractivity contribution in [2.24, 2.45) is 5.92 Å². The van der Waals surface area contributed by atoms with Crippen LogP contribution in [0.5, 0.6) is 0 Å². The molecule has 0 aromatic carbocycles. The van der Waals surface area contributed by atoms with Crippen LogP contribution in [0.3, 0.4) is 0 Å². The lowest BCUT2D eigenvalue weighted by molar-refractivity contribution is 0.570. The van der Waals surface area contributed by atoms with E-state index < -0.39 is 0 Å². The second kappa shape index (κ2) is 5.87. The molecular weight excluding hydrogens is 246 g/mol. The number of aromatic nitrogens is 1. The second-order valence-electron chi connectivity index (χ2n) is 4.45. The molecule has 0 saturated heterocycles. The summed E-state index contributed by atoms with van der Waals surface area (Å²) in [5, 5.41) is 0. The van der Waals surface area contributed by atoms with Gasteiger partial charge in [0.1, 0.15) is 11.5 Å². The lowest BCUT2D eigenvalue weighted by Crippen LogP contribution is -1.94. The summed E-state index contributed by atoms with van der Waals surface area (Å²) < 4.78 is 5.78. The van der Waals surface area contributed by atoms with E-state index in [0.717, 1.165) is 17.1 Å². The van der Waals surface area contributed by atoms with Gasteiger partial charge >= 0.3 is 0 Å². The van der Waals surface area contributed by atoms with Crippen LogP contribution >= 0.6 is 11.6 Å². The van der Waals surface area contributed by atoms with Crippen LogP contribution in [0.25, 0.3) is 17.4 Å². The molecule has 2 heterocycles. The standard InChI is InChI=1S/C15H16ClNO/c1-11(2)13(9-16)8-14-5-6-15(18-14)12-4-3-7-17-10-12/h3-8,10-11H,9H2,1-2H3. The maximum Gasteiger partial charge on any atom is 0.136 e. The van der Waals surface area contributed by atoms with E-state index in [2.05, 4.69) is 18.8 Å². The first kappa shape index (κ1) is 12.9. The van der Waals surface area contributed by atoms with E-state index in [1.165, 1.54) is 5.57 Å². The van der Waals surface area contributed by atoms with Crippen LogP contribution in [0.4, 0.5) is 0 Å². The van der Waals surface area contributed by atoms with Gasteiger partial charge in [0.15, 0.2) is 0 Å². The smallest absolute Gasteiger partial charge is 0.136 e. The summed E-state index contributed by atoms with van der Waals surface area (Å²) >= 11 is 5.92. The van der Waals surface area contributed by atoms with Gasteiger partial charge in [-0.05, 0) is 41.8 Å². The summed E-state index contributed by atoms with van der Waals surface area (Å²) in [6, 6.07) is 7.78. The minimum atomic E-state index is 0.425. The van der Waals surface area contributed by atoms with Crippen molar-refractivity contribution in [2.75, 3.05) is 5.88 Å². The Morgan fingerprint density at radius 1 is 1.39 bits per heavy atom. The van der Waals surface area contributed by atoms with Gasteiger partial charge in [0.05, 0.1) is 0 Å². The second-order valence-corrected chi connectivity index (χ2v) is 4.72. The van der Waals surface area contributed by atoms with Crippen molar-refractivity contribution < 1.29 is 4.42 Å². The molecule has 0 aliphatic carbocycles. The monoisotopic (exact) mass is 261 g/mol. The zero-order chi connectivity index (χ0) is 13.0. The van der Waals surface area contributed by atoms with Gasteiger partial charge in [-0.15, -0.1) is 11.6 Å². The predicted octanol–water partition coefficient (Wildman–Crippen LogP) is 4.62. The molecule has 2 rings (SSSR count). The van der Waals surface area contributed by atoms with Gasteiger partial charge < -0.3 is 4.42 Å². The third-order valence-electron chi connectivity index (χ3n) is 2.80. The van der Waals surface area contributed by atoms with Crippen molar-refractivity contribution >= 4 is 17.7 Å². The van der Waals surface area contributed by atoms with Gasteiger partial charge in [-0.1, -0.05) is 13.8 Å². The maximum atomic E-state index is 5.92. The van der Waals surface area contributed by atoms with Crippen LogP contribution in [-0.2, 0) is 0 Å². The first-order chi connectivity index (χ1) is 8.70. The fourth-order valence-corrected chi connectivity index (χ4v) is 2.02. The summed E-state index contributed by atoms with van der Waals surface area (Å²) in [6.07, 6.45) is 5.55. The molecule has 3 heteroatoms. The summed E-state index contributed by atoms with van der Waals surface area (Å²) in [4.78, 5) is 4.08. The largest absolute Gasteiger partial charge is 0.457 e. The summed E-state index contributed by atoms with van der Waals surface area (Å²) in [5.41, 5.74) is 2.15. The Labute approximate surface area is 112 Å². The Bertz CT molecular complexity index is 528. The quantitative estimate of drug-likeness (QED) is 0.751. The average Bonchev–Trinajstić information content (AvgIpc) is 2.85. The first-order valence-corrected chi connectivity index (χ1v) is 6.51. The van der Waals surface area contributed by atoms with Crippen LogP contribution < -0.4 is 0 Å². The van der Waals surface area contributed by atoms with Crippen LogP contribution in [0.15, 0.2) is 46.6 Å². The molecule has 0 bridgehead atoms. The Hall–Kier alpha value is -1.54. The molecule has 0 aliphatic heterocycles. The molecule has 18 heavy (non-hydrogen) atoms. The minimum absolute atomic E-state index is 0.425. The first-order valence-electron chi connectivity index (χ1n) is 5.97. The normalized spacial score (nSPS) is 12.1. The van der Waals surface area contributed by atoms with Gasteiger partial charge in [0.2, 0.25) is 0 Å². The molecule has 0 N–H and O–H groups in total. The van der Waals surface area contributed by atoms with E-state index in [1.54, 1.807) is 12.4 Å². The molecule has 0 spiro atoms. The van der Waals surface area contributed by atoms with Gasteiger partial charge in [-0.25, -0.2) is 0 Å². The highest BCUT2D eigenvalue weighted by Crippen LogP contribution is 2.24. The molecule has 94 valence electrons. The SMILES string of the molecule is CC(C)C(=Cc1ccc(-c2cccnc2)o1)CCl. The van der Waals surface area contributed by atoms with Crippen molar-refractivity contribution in [3.05, 3.63) is 48.0 Å². The lowest BCUT2D eigenvalue weighted by atomic mass is 10.0. The number of halogens is 1. The number of pyridine rings is 1. The number of hydrogen-bond acceptors (Lipinski definition) is 2. The summed E-state index contributed by atoms with van der Waals surface area (Å²) in [7, 11) is 0. The third kappa shape index (κ3) is 3.02. The molecular formula is C15H16ClNO. The van der Waals surface area contributed by atoms with E-state index in [-0.39, 0.29) is 0 Å². The molecule has 0 unspecified atom stereocenters. The van der Waals surface area contributed by atoms with Crippen molar-refractivity contribution in [1.82, 2.24) is 4.98 Å². The number of alkyl halides is 1. The Balaban J connectivity index is 2.26.